The highest BCUT2D eigenvalue weighted by Gasteiger charge is 2.26. The van der Waals surface area contributed by atoms with Gasteiger partial charge in [-0.1, -0.05) is 0 Å². The molecular weight excluding hydrogens is 462 g/mol. The molecule has 10 nitrogen and oxygen atoms in total. The lowest BCUT2D eigenvalue weighted by atomic mass is 10.0. The Labute approximate surface area is 207 Å². The van der Waals surface area contributed by atoms with Crippen LogP contribution in [-0.2, 0) is 11.3 Å². The first-order valence-electron chi connectivity index (χ1n) is 11.2. The molecule has 0 unspecified atom stereocenters. The van der Waals surface area contributed by atoms with Gasteiger partial charge in [0.05, 0.1) is 7.11 Å². The van der Waals surface area contributed by atoms with E-state index < -0.39 is 17.7 Å². The van der Waals surface area contributed by atoms with Crippen LogP contribution < -0.4 is 15.8 Å². The highest BCUT2D eigenvalue weighted by atomic mass is 16.6. The van der Waals surface area contributed by atoms with Crippen LogP contribution in [-0.4, -0.2) is 44.4 Å². The Kier molecular flexibility index (Phi) is 6.52. The van der Waals surface area contributed by atoms with E-state index in [4.69, 9.17) is 15.2 Å². The van der Waals surface area contributed by atoms with Gasteiger partial charge < -0.3 is 24.9 Å². The number of ether oxygens (including phenoxy) is 2. The van der Waals surface area contributed by atoms with Crippen molar-refractivity contribution in [3.05, 3.63) is 66.1 Å². The zero-order valence-electron chi connectivity index (χ0n) is 20.4. The minimum Gasteiger partial charge on any atom is -0.481 e. The molecule has 10 heteroatoms. The van der Waals surface area contributed by atoms with E-state index in [1.54, 1.807) is 74.0 Å². The minimum absolute atomic E-state index is 0.0559. The predicted octanol–water partition coefficient (Wildman–Crippen LogP) is 4.78. The van der Waals surface area contributed by atoms with E-state index in [9.17, 15) is 14.7 Å². The van der Waals surface area contributed by atoms with Gasteiger partial charge in [0.2, 0.25) is 5.88 Å². The molecule has 0 fully saturated rings. The van der Waals surface area contributed by atoms with Crippen LogP contribution in [0.3, 0.4) is 0 Å². The quantitative estimate of drug-likeness (QED) is 0.329. The third kappa shape index (κ3) is 5.07. The minimum atomic E-state index is -1.12. The molecule has 0 spiro atoms. The summed E-state index contributed by atoms with van der Waals surface area (Å²) in [6.07, 6.45) is 2.48. The van der Waals surface area contributed by atoms with Crippen LogP contribution in [0.2, 0.25) is 0 Å². The van der Waals surface area contributed by atoms with Gasteiger partial charge in [-0.2, -0.15) is 0 Å². The van der Waals surface area contributed by atoms with Crippen molar-refractivity contribution < 1.29 is 24.2 Å². The summed E-state index contributed by atoms with van der Waals surface area (Å²) in [7, 11) is 1.48. The second kappa shape index (κ2) is 9.57. The number of rotatable bonds is 6. The molecule has 36 heavy (non-hydrogen) atoms. The third-order valence-electron chi connectivity index (χ3n) is 5.32. The molecular formula is C26H27N5O5. The highest BCUT2D eigenvalue weighted by molar-refractivity contribution is 6.09. The van der Waals surface area contributed by atoms with E-state index >= 15 is 0 Å². The van der Waals surface area contributed by atoms with Gasteiger partial charge in [-0.3, -0.25) is 5.32 Å². The largest absolute Gasteiger partial charge is 0.481 e. The smallest absolute Gasteiger partial charge is 0.413 e. The molecule has 1 amide bonds. The van der Waals surface area contributed by atoms with Gasteiger partial charge in [0.15, 0.2) is 0 Å². The summed E-state index contributed by atoms with van der Waals surface area (Å²) in [6.45, 7) is 5.49. The van der Waals surface area contributed by atoms with Crippen molar-refractivity contribution in [2.45, 2.75) is 32.9 Å². The van der Waals surface area contributed by atoms with Gasteiger partial charge in [0.25, 0.3) is 0 Å². The Morgan fingerprint density at radius 2 is 1.89 bits per heavy atom. The Bertz CT molecular complexity index is 1460. The molecule has 1 aromatic carbocycles. The number of nitrogen functional groups attached to an aromatic ring is 1. The van der Waals surface area contributed by atoms with Crippen LogP contribution >= 0.6 is 0 Å². The number of anilines is 2. The summed E-state index contributed by atoms with van der Waals surface area (Å²) in [6, 6.07) is 12.1. The Balaban J connectivity index is 1.83. The van der Waals surface area contributed by atoms with Crippen LogP contribution in [0.25, 0.3) is 22.0 Å². The van der Waals surface area contributed by atoms with Gasteiger partial charge >= 0.3 is 12.1 Å². The van der Waals surface area contributed by atoms with Crippen molar-refractivity contribution >= 4 is 34.5 Å². The molecule has 0 saturated heterocycles. The Morgan fingerprint density at radius 1 is 1.11 bits per heavy atom. The molecule has 0 saturated carbocycles. The highest BCUT2D eigenvalue weighted by Crippen LogP contribution is 2.40. The van der Waals surface area contributed by atoms with Crippen molar-refractivity contribution in [3.63, 3.8) is 0 Å². The summed E-state index contributed by atoms with van der Waals surface area (Å²) in [5.41, 5.74) is 8.34. The number of nitrogens with two attached hydrogens (primary N) is 1. The number of benzene rings is 1. The molecule has 0 bridgehead atoms. The van der Waals surface area contributed by atoms with Crippen molar-refractivity contribution in [2.24, 2.45) is 0 Å². The number of pyridine rings is 2. The number of aromatic carboxylic acids is 1. The molecule has 4 N–H and O–H groups in total. The number of carboxylic acids is 1. The van der Waals surface area contributed by atoms with E-state index in [-0.39, 0.29) is 18.1 Å². The first-order valence-corrected chi connectivity index (χ1v) is 11.2. The zero-order chi connectivity index (χ0) is 26.0. The number of amides is 1. The lowest BCUT2D eigenvalue weighted by Crippen LogP contribution is -2.27. The molecule has 0 radical (unpaired) electrons. The van der Waals surface area contributed by atoms with E-state index in [0.29, 0.717) is 33.6 Å². The molecule has 0 aliphatic carbocycles. The predicted molar refractivity (Wildman–Crippen MR) is 136 cm³/mol. The summed E-state index contributed by atoms with van der Waals surface area (Å²) in [4.78, 5) is 33.2. The maximum atomic E-state index is 12.6. The fourth-order valence-electron chi connectivity index (χ4n) is 4.01. The van der Waals surface area contributed by atoms with Crippen molar-refractivity contribution in [3.8, 4) is 17.0 Å². The number of nitrogens with one attached hydrogen (secondary N) is 1. The van der Waals surface area contributed by atoms with Crippen LogP contribution in [0.1, 0.15) is 36.8 Å². The molecule has 0 aliphatic rings. The fourth-order valence-corrected chi connectivity index (χ4v) is 4.01. The Morgan fingerprint density at radius 3 is 2.58 bits per heavy atom. The number of carbonyl (C=O) groups excluding carboxylic acids is 1. The SMILES string of the molecule is COc1ncccc1-c1c(C(=O)O)n(Cc2ccnc(NC(=O)OC(C)(C)C)c2)c2ccc(N)cc12. The first kappa shape index (κ1) is 24.5. The summed E-state index contributed by atoms with van der Waals surface area (Å²) >= 11 is 0. The van der Waals surface area contributed by atoms with Gasteiger partial charge in [-0.15, -0.1) is 0 Å². The third-order valence-corrected chi connectivity index (χ3v) is 5.32. The van der Waals surface area contributed by atoms with Gasteiger partial charge in [0.1, 0.15) is 17.1 Å². The standard InChI is InChI=1S/C26H27N5O5/c1-26(2,3)36-25(34)30-20-12-15(9-11-28-20)14-31-19-8-7-16(27)13-18(19)21(22(31)24(32)33)17-6-5-10-29-23(17)35-4/h5-13H,14,27H2,1-4H3,(H,32,33)(H,28,30,34). The number of fused-ring (bicyclic) bond motifs is 1. The Hall–Kier alpha value is -4.60. The van der Waals surface area contributed by atoms with Crippen molar-refractivity contribution in [2.75, 3.05) is 18.2 Å². The summed E-state index contributed by atoms with van der Waals surface area (Å²) in [5, 5.41) is 13.6. The second-order valence-corrected chi connectivity index (χ2v) is 9.13. The fraction of sp³-hybridized carbons (Fsp3) is 0.231. The van der Waals surface area contributed by atoms with E-state index in [0.717, 1.165) is 5.56 Å². The molecule has 4 rings (SSSR count). The van der Waals surface area contributed by atoms with Gasteiger partial charge in [-0.25, -0.2) is 19.6 Å². The number of methoxy groups -OCH3 is 1. The maximum Gasteiger partial charge on any atom is 0.413 e. The van der Waals surface area contributed by atoms with Crippen molar-refractivity contribution in [1.82, 2.24) is 14.5 Å². The van der Waals surface area contributed by atoms with Gasteiger partial charge in [0, 0.05) is 46.7 Å². The van der Waals surface area contributed by atoms with Crippen LogP contribution in [0.4, 0.5) is 16.3 Å². The molecule has 3 heterocycles. The summed E-state index contributed by atoms with van der Waals surface area (Å²) in [5.74, 6) is -0.533. The van der Waals surface area contributed by atoms with E-state index in [1.807, 2.05) is 0 Å². The van der Waals surface area contributed by atoms with Crippen LogP contribution in [0.15, 0.2) is 54.9 Å². The monoisotopic (exact) mass is 489 g/mol. The number of hydrogen-bond acceptors (Lipinski definition) is 7. The average Bonchev–Trinajstić information content (AvgIpc) is 3.11. The number of carboxylic acid groups (broad SMARTS) is 1. The van der Waals surface area contributed by atoms with Crippen LogP contribution in [0.5, 0.6) is 5.88 Å². The molecule has 0 aliphatic heterocycles. The average molecular weight is 490 g/mol. The van der Waals surface area contributed by atoms with Crippen molar-refractivity contribution in [1.29, 1.82) is 0 Å². The molecule has 186 valence electrons. The van der Waals surface area contributed by atoms with Crippen LogP contribution in [0, 0.1) is 0 Å². The summed E-state index contributed by atoms with van der Waals surface area (Å²) < 4.78 is 12.4. The molecule has 4 aromatic rings. The lowest BCUT2D eigenvalue weighted by Gasteiger charge is -2.19. The molecule has 3 aromatic heterocycles. The normalized spacial score (nSPS) is 11.3. The molecule has 0 atom stereocenters. The maximum absolute atomic E-state index is 12.6. The lowest BCUT2D eigenvalue weighted by molar-refractivity contribution is 0.0633. The topological polar surface area (TPSA) is 142 Å². The number of carbonyl (C=O) groups is 2. The van der Waals surface area contributed by atoms with Gasteiger partial charge in [-0.05, 0) is 68.8 Å². The zero-order valence-corrected chi connectivity index (χ0v) is 20.4. The van der Waals surface area contributed by atoms with E-state index in [1.165, 1.54) is 13.3 Å². The number of aromatic nitrogens is 3. The number of nitrogens with zero attached hydrogens (tertiary/aromatic N) is 3. The first-order chi connectivity index (χ1) is 17.1. The number of hydrogen-bond donors (Lipinski definition) is 3. The second-order valence-electron chi connectivity index (χ2n) is 9.13. The van der Waals surface area contributed by atoms with E-state index in [2.05, 4.69) is 15.3 Å².